The van der Waals surface area contributed by atoms with Gasteiger partial charge >= 0.3 is 0 Å². The van der Waals surface area contributed by atoms with E-state index in [1.54, 1.807) is 0 Å². The monoisotopic (exact) mass is 214 g/mol. The minimum absolute atomic E-state index is 0.0572. The molecule has 1 heteroatoms. The Hall–Kier alpha value is -0.0400. The number of unbranched alkanes of at least 4 members (excludes halogenated alkanes) is 5. The van der Waals surface area contributed by atoms with Crippen molar-refractivity contribution in [2.45, 2.75) is 84.7 Å². The van der Waals surface area contributed by atoms with E-state index >= 15 is 0 Å². The zero-order valence-corrected chi connectivity index (χ0v) is 11.0. The van der Waals surface area contributed by atoms with E-state index in [2.05, 4.69) is 20.8 Å². The highest BCUT2D eigenvalue weighted by atomic mass is 16.3. The summed E-state index contributed by atoms with van der Waals surface area (Å²) < 4.78 is 0. The number of aliphatic hydroxyl groups excluding tert-OH is 1. The van der Waals surface area contributed by atoms with E-state index in [4.69, 9.17) is 0 Å². The summed E-state index contributed by atoms with van der Waals surface area (Å²) in [5, 5.41) is 9.90. The van der Waals surface area contributed by atoms with Crippen LogP contribution in [0.3, 0.4) is 0 Å². The van der Waals surface area contributed by atoms with Crippen molar-refractivity contribution < 1.29 is 5.11 Å². The lowest BCUT2D eigenvalue weighted by Gasteiger charge is -2.18. The molecule has 0 saturated carbocycles. The second-order valence-electron chi connectivity index (χ2n) is 4.89. The first-order valence-corrected chi connectivity index (χ1v) is 6.90. The molecule has 0 amide bonds. The summed E-state index contributed by atoms with van der Waals surface area (Å²) >= 11 is 0. The average molecular weight is 214 g/mol. The van der Waals surface area contributed by atoms with Gasteiger partial charge in [0, 0.05) is 0 Å². The third kappa shape index (κ3) is 8.92. The molecule has 0 aromatic carbocycles. The smallest absolute Gasteiger partial charge is 0.0565 e. The van der Waals surface area contributed by atoms with Crippen molar-refractivity contribution in [3.05, 3.63) is 0 Å². The molecule has 0 aliphatic rings. The molecule has 0 aromatic rings. The second kappa shape index (κ2) is 10.5. The zero-order valence-electron chi connectivity index (χ0n) is 11.0. The van der Waals surface area contributed by atoms with Crippen LogP contribution in [-0.4, -0.2) is 11.2 Å². The van der Waals surface area contributed by atoms with Crippen molar-refractivity contribution in [3.8, 4) is 0 Å². The van der Waals surface area contributed by atoms with Crippen LogP contribution in [-0.2, 0) is 0 Å². The molecule has 0 bridgehead atoms. The van der Waals surface area contributed by atoms with Crippen molar-refractivity contribution in [2.24, 2.45) is 5.92 Å². The lowest BCUT2D eigenvalue weighted by Crippen LogP contribution is -2.17. The Labute approximate surface area is 96.3 Å². The fraction of sp³-hybridized carbons (Fsp3) is 1.00. The third-order valence-electron chi connectivity index (χ3n) is 3.27. The largest absolute Gasteiger partial charge is 0.393 e. The predicted molar refractivity (Wildman–Crippen MR) is 68.1 cm³/mol. The molecule has 0 aliphatic heterocycles. The Morgan fingerprint density at radius 3 is 2.00 bits per heavy atom. The van der Waals surface area contributed by atoms with E-state index in [0.29, 0.717) is 5.92 Å². The molecule has 0 saturated heterocycles. The first kappa shape index (κ1) is 15.0. The van der Waals surface area contributed by atoms with Gasteiger partial charge in [-0.2, -0.15) is 0 Å². The average Bonchev–Trinajstić information content (AvgIpc) is 2.25. The van der Waals surface area contributed by atoms with Gasteiger partial charge in [-0.05, 0) is 18.8 Å². The summed E-state index contributed by atoms with van der Waals surface area (Å²) in [6.45, 7) is 6.64. The highest BCUT2D eigenvalue weighted by Crippen LogP contribution is 2.17. The molecular weight excluding hydrogens is 184 g/mol. The highest BCUT2D eigenvalue weighted by molar-refractivity contribution is 4.64. The summed E-state index contributed by atoms with van der Waals surface area (Å²) in [7, 11) is 0. The minimum atomic E-state index is -0.0572. The third-order valence-corrected chi connectivity index (χ3v) is 3.27. The lowest BCUT2D eigenvalue weighted by molar-refractivity contribution is 0.0988. The Morgan fingerprint density at radius 1 is 0.800 bits per heavy atom. The molecule has 0 aliphatic carbocycles. The zero-order chi connectivity index (χ0) is 11.5. The van der Waals surface area contributed by atoms with Crippen LogP contribution < -0.4 is 0 Å². The van der Waals surface area contributed by atoms with E-state index in [9.17, 15) is 5.11 Å². The summed E-state index contributed by atoms with van der Waals surface area (Å²) in [5.74, 6) is 0.496. The van der Waals surface area contributed by atoms with Gasteiger partial charge in [-0.25, -0.2) is 0 Å². The molecule has 1 N–H and O–H groups in total. The van der Waals surface area contributed by atoms with Gasteiger partial charge in [0.05, 0.1) is 6.10 Å². The Morgan fingerprint density at radius 2 is 1.40 bits per heavy atom. The van der Waals surface area contributed by atoms with Crippen molar-refractivity contribution in [1.82, 2.24) is 0 Å². The van der Waals surface area contributed by atoms with Crippen molar-refractivity contribution in [3.63, 3.8) is 0 Å². The SMILES string of the molecule is CCCCCCCC(O)C(C)CCCC. The van der Waals surface area contributed by atoms with Gasteiger partial charge in [0.2, 0.25) is 0 Å². The second-order valence-corrected chi connectivity index (χ2v) is 4.89. The fourth-order valence-electron chi connectivity index (χ4n) is 1.96. The molecule has 0 rings (SSSR count). The molecule has 0 heterocycles. The van der Waals surface area contributed by atoms with E-state index in [0.717, 1.165) is 6.42 Å². The Balaban J connectivity index is 3.34. The van der Waals surface area contributed by atoms with Gasteiger partial charge in [0.15, 0.2) is 0 Å². The van der Waals surface area contributed by atoms with Crippen molar-refractivity contribution >= 4 is 0 Å². The number of rotatable bonds is 10. The quantitative estimate of drug-likeness (QED) is 0.530. The fourth-order valence-corrected chi connectivity index (χ4v) is 1.96. The van der Waals surface area contributed by atoms with Crippen molar-refractivity contribution in [1.29, 1.82) is 0 Å². The predicted octanol–water partition coefficient (Wildman–Crippen LogP) is 4.53. The normalized spacial score (nSPS) is 15.2. The summed E-state index contributed by atoms with van der Waals surface area (Å²) in [6.07, 6.45) is 11.1. The Kier molecular flexibility index (Phi) is 10.4. The van der Waals surface area contributed by atoms with E-state index in [1.165, 1.54) is 51.4 Å². The first-order chi connectivity index (χ1) is 7.22. The van der Waals surface area contributed by atoms with Crippen LogP contribution >= 0.6 is 0 Å². The molecule has 0 fully saturated rings. The van der Waals surface area contributed by atoms with E-state index < -0.39 is 0 Å². The maximum absolute atomic E-state index is 9.90. The maximum Gasteiger partial charge on any atom is 0.0565 e. The van der Waals surface area contributed by atoms with Crippen LogP contribution in [0.15, 0.2) is 0 Å². The molecule has 2 unspecified atom stereocenters. The van der Waals surface area contributed by atoms with Gasteiger partial charge in [0.25, 0.3) is 0 Å². The highest BCUT2D eigenvalue weighted by Gasteiger charge is 2.12. The Bertz CT molecular complexity index is 123. The van der Waals surface area contributed by atoms with Gasteiger partial charge in [-0.15, -0.1) is 0 Å². The number of aliphatic hydroxyl groups is 1. The van der Waals surface area contributed by atoms with Crippen LogP contribution in [0.5, 0.6) is 0 Å². The molecular formula is C14H30O. The van der Waals surface area contributed by atoms with Crippen LogP contribution in [0.2, 0.25) is 0 Å². The van der Waals surface area contributed by atoms with E-state index in [-0.39, 0.29) is 6.10 Å². The summed E-state index contributed by atoms with van der Waals surface area (Å²) in [6, 6.07) is 0. The van der Waals surface area contributed by atoms with Crippen LogP contribution in [0.25, 0.3) is 0 Å². The molecule has 2 atom stereocenters. The van der Waals surface area contributed by atoms with Crippen molar-refractivity contribution in [2.75, 3.05) is 0 Å². The molecule has 1 nitrogen and oxygen atoms in total. The van der Waals surface area contributed by atoms with Crippen LogP contribution in [0.4, 0.5) is 0 Å². The molecule has 0 radical (unpaired) electrons. The maximum atomic E-state index is 9.90. The minimum Gasteiger partial charge on any atom is -0.393 e. The topological polar surface area (TPSA) is 20.2 Å². The van der Waals surface area contributed by atoms with Gasteiger partial charge in [-0.3, -0.25) is 0 Å². The number of hydrogen-bond donors (Lipinski definition) is 1. The molecule has 15 heavy (non-hydrogen) atoms. The number of hydrogen-bond acceptors (Lipinski definition) is 1. The van der Waals surface area contributed by atoms with E-state index in [1.807, 2.05) is 0 Å². The van der Waals surface area contributed by atoms with Gasteiger partial charge in [0.1, 0.15) is 0 Å². The lowest BCUT2D eigenvalue weighted by atomic mass is 9.94. The molecule has 0 aromatic heterocycles. The van der Waals surface area contributed by atoms with Gasteiger partial charge < -0.3 is 5.11 Å². The van der Waals surface area contributed by atoms with Crippen LogP contribution in [0, 0.1) is 5.92 Å². The first-order valence-electron chi connectivity index (χ1n) is 6.90. The van der Waals surface area contributed by atoms with Crippen LogP contribution in [0.1, 0.15) is 78.6 Å². The summed E-state index contributed by atoms with van der Waals surface area (Å²) in [5.41, 5.74) is 0. The molecule has 0 spiro atoms. The standard InChI is InChI=1S/C14H30O/c1-4-6-8-9-10-12-14(15)13(3)11-7-5-2/h13-15H,4-12H2,1-3H3. The molecule has 92 valence electrons. The summed E-state index contributed by atoms with van der Waals surface area (Å²) in [4.78, 5) is 0. The van der Waals surface area contributed by atoms with Gasteiger partial charge in [-0.1, -0.05) is 65.7 Å².